The Morgan fingerprint density at radius 2 is 1.97 bits per heavy atom. The second kappa shape index (κ2) is 9.71. The van der Waals surface area contributed by atoms with E-state index < -0.39 is 10.9 Å². The number of non-ortho nitro benzene ring substituents is 1. The Morgan fingerprint density at radius 3 is 2.55 bits per heavy atom. The van der Waals surface area contributed by atoms with Crippen LogP contribution in [0.3, 0.4) is 0 Å². The summed E-state index contributed by atoms with van der Waals surface area (Å²) in [4.78, 5) is 38.5. The largest absolute Gasteiger partial charge is 0.424 e. The molecule has 1 heterocycles. The standard InChI is InChI=1S/C20H13Br2ClN2O6/c1-2-3-17(26)30-18-13(21)6-10(7-14(18)22)8-16-20(27)31-19(24-16)12-5-4-11(25(28)29)9-15(12)23/h4-9H,2-3H2,1H3/b16-8-. The number of nitrogens with zero attached hydrogens (tertiary/aromatic N) is 2. The molecular formula is C20H13Br2ClN2O6. The zero-order valence-corrected chi connectivity index (χ0v) is 19.8. The van der Waals surface area contributed by atoms with Gasteiger partial charge in [-0.3, -0.25) is 14.9 Å². The van der Waals surface area contributed by atoms with E-state index in [-0.39, 0.29) is 33.8 Å². The highest BCUT2D eigenvalue weighted by Crippen LogP contribution is 2.36. The molecule has 11 heteroatoms. The van der Waals surface area contributed by atoms with Gasteiger partial charge in [0, 0.05) is 18.6 Å². The molecule has 0 bridgehead atoms. The van der Waals surface area contributed by atoms with Crippen LogP contribution in [0.5, 0.6) is 5.75 Å². The number of benzene rings is 2. The second-order valence-electron chi connectivity index (χ2n) is 6.30. The lowest BCUT2D eigenvalue weighted by atomic mass is 10.2. The number of carbonyl (C=O) groups is 2. The minimum atomic E-state index is -0.699. The third kappa shape index (κ3) is 5.38. The van der Waals surface area contributed by atoms with Gasteiger partial charge in [-0.05, 0) is 68.1 Å². The highest BCUT2D eigenvalue weighted by Gasteiger charge is 2.27. The monoisotopic (exact) mass is 570 g/mol. The average molecular weight is 573 g/mol. The van der Waals surface area contributed by atoms with Gasteiger partial charge in [0.1, 0.15) is 0 Å². The minimum absolute atomic E-state index is 0.0129. The normalized spacial score (nSPS) is 14.4. The smallest absolute Gasteiger partial charge is 0.363 e. The Morgan fingerprint density at radius 1 is 1.29 bits per heavy atom. The number of ether oxygens (including phenoxy) is 2. The van der Waals surface area contributed by atoms with Crippen LogP contribution in [0.15, 0.2) is 50.0 Å². The lowest BCUT2D eigenvalue weighted by molar-refractivity contribution is -0.384. The van der Waals surface area contributed by atoms with Crippen molar-refractivity contribution >= 4 is 73.1 Å². The predicted molar refractivity (Wildman–Crippen MR) is 121 cm³/mol. The first-order valence-electron chi connectivity index (χ1n) is 8.86. The summed E-state index contributed by atoms with van der Waals surface area (Å²) in [6.07, 6.45) is 2.44. The van der Waals surface area contributed by atoms with E-state index in [4.69, 9.17) is 21.1 Å². The Hall–Kier alpha value is -2.56. The van der Waals surface area contributed by atoms with Crippen molar-refractivity contribution in [3.63, 3.8) is 0 Å². The van der Waals surface area contributed by atoms with Gasteiger partial charge in [-0.15, -0.1) is 0 Å². The molecule has 0 saturated carbocycles. The van der Waals surface area contributed by atoms with Gasteiger partial charge in [-0.25, -0.2) is 9.79 Å². The Balaban J connectivity index is 1.90. The second-order valence-corrected chi connectivity index (χ2v) is 8.41. The number of hydrogen-bond donors (Lipinski definition) is 0. The van der Waals surface area contributed by atoms with Crippen molar-refractivity contribution in [2.45, 2.75) is 19.8 Å². The Bertz CT molecular complexity index is 1140. The topological polar surface area (TPSA) is 108 Å². The van der Waals surface area contributed by atoms with E-state index in [0.29, 0.717) is 33.1 Å². The minimum Gasteiger partial charge on any atom is -0.424 e. The summed E-state index contributed by atoms with van der Waals surface area (Å²) < 4.78 is 11.5. The van der Waals surface area contributed by atoms with Crippen molar-refractivity contribution in [3.05, 3.63) is 71.2 Å². The molecule has 2 aromatic carbocycles. The number of cyclic esters (lactones) is 1. The van der Waals surface area contributed by atoms with Gasteiger partial charge in [-0.2, -0.15) is 0 Å². The van der Waals surface area contributed by atoms with E-state index in [1.807, 2.05) is 6.92 Å². The Kier molecular flexibility index (Phi) is 7.24. The van der Waals surface area contributed by atoms with Crippen molar-refractivity contribution in [1.29, 1.82) is 0 Å². The highest BCUT2D eigenvalue weighted by atomic mass is 79.9. The van der Waals surface area contributed by atoms with Crippen molar-refractivity contribution in [2.24, 2.45) is 4.99 Å². The molecule has 0 N–H and O–H groups in total. The van der Waals surface area contributed by atoms with Crippen molar-refractivity contribution in [2.75, 3.05) is 0 Å². The van der Waals surface area contributed by atoms with E-state index in [2.05, 4.69) is 36.9 Å². The van der Waals surface area contributed by atoms with Crippen LogP contribution in [0.25, 0.3) is 6.08 Å². The number of rotatable bonds is 6. The fraction of sp³-hybridized carbons (Fsp3) is 0.150. The molecule has 8 nitrogen and oxygen atoms in total. The van der Waals surface area contributed by atoms with Gasteiger partial charge in [0.15, 0.2) is 11.4 Å². The fourth-order valence-corrected chi connectivity index (χ4v) is 4.24. The van der Waals surface area contributed by atoms with E-state index in [1.54, 1.807) is 12.1 Å². The maximum atomic E-state index is 12.3. The first-order valence-corrected chi connectivity index (χ1v) is 10.8. The molecule has 0 fully saturated rings. The molecular weight excluding hydrogens is 559 g/mol. The zero-order valence-electron chi connectivity index (χ0n) is 15.9. The summed E-state index contributed by atoms with van der Waals surface area (Å²) in [5, 5.41) is 10.9. The molecule has 0 radical (unpaired) electrons. The highest BCUT2D eigenvalue weighted by molar-refractivity contribution is 9.11. The maximum absolute atomic E-state index is 12.3. The molecule has 1 aliphatic rings. The number of halogens is 3. The lowest BCUT2D eigenvalue weighted by Crippen LogP contribution is -2.08. The number of aliphatic imine (C=N–C) groups is 1. The summed E-state index contributed by atoms with van der Waals surface area (Å²) in [6.45, 7) is 1.87. The summed E-state index contributed by atoms with van der Waals surface area (Å²) in [7, 11) is 0. The molecule has 0 aliphatic carbocycles. The quantitative estimate of drug-likeness (QED) is 0.142. The molecule has 2 aromatic rings. The molecule has 0 saturated heterocycles. The van der Waals surface area contributed by atoms with E-state index in [9.17, 15) is 19.7 Å². The predicted octanol–water partition coefficient (Wildman–Crippen LogP) is 5.82. The first kappa shape index (κ1) is 23.1. The SMILES string of the molecule is CCCC(=O)Oc1c(Br)cc(/C=C2\N=C(c3ccc([N+](=O)[O-])cc3Cl)OC2=O)cc1Br. The summed E-state index contributed by atoms with van der Waals surface area (Å²) in [5.41, 5.74) is 0.660. The third-order valence-electron chi connectivity index (χ3n) is 4.01. The first-order chi connectivity index (χ1) is 14.7. The van der Waals surface area contributed by atoms with Gasteiger partial charge >= 0.3 is 11.9 Å². The molecule has 3 rings (SSSR count). The van der Waals surface area contributed by atoms with Gasteiger partial charge in [0.05, 0.1) is 24.5 Å². The molecule has 0 unspecified atom stereocenters. The molecule has 0 atom stereocenters. The third-order valence-corrected chi connectivity index (χ3v) is 5.50. The van der Waals surface area contributed by atoms with Crippen LogP contribution >= 0.6 is 43.5 Å². The number of nitro groups is 1. The molecule has 160 valence electrons. The zero-order chi connectivity index (χ0) is 22.7. The van der Waals surface area contributed by atoms with Crippen molar-refractivity contribution < 1.29 is 24.0 Å². The van der Waals surface area contributed by atoms with Gasteiger partial charge < -0.3 is 9.47 Å². The average Bonchev–Trinajstić information content (AvgIpc) is 3.04. The number of nitro benzene ring substituents is 1. The van der Waals surface area contributed by atoms with Crippen LogP contribution in [0.4, 0.5) is 5.69 Å². The van der Waals surface area contributed by atoms with Crippen molar-refractivity contribution in [3.8, 4) is 5.75 Å². The Labute approximate surface area is 198 Å². The van der Waals surface area contributed by atoms with Gasteiger partial charge in [0.25, 0.3) is 5.69 Å². The van der Waals surface area contributed by atoms with Crippen molar-refractivity contribution in [1.82, 2.24) is 0 Å². The summed E-state index contributed by atoms with van der Waals surface area (Å²) >= 11 is 12.8. The molecule has 31 heavy (non-hydrogen) atoms. The summed E-state index contributed by atoms with van der Waals surface area (Å²) in [6, 6.07) is 7.08. The van der Waals surface area contributed by atoms with Crippen LogP contribution in [0.1, 0.15) is 30.9 Å². The van der Waals surface area contributed by atoms with E-state index in [0.717, 1.165) is 6.07 Å². The van der Waals surface area contributed by atoms with E-state index >= 15 is 0 Å². The number of carbonyl (C=O) groups excluding carboxylic acids is 2. The molecule has 0 aromatic heterocycles. The number of hydrogen-bond acceptors (Lipinski definition) is 7. The van der Waals surface area contributed by atoms with Crippen LogP contribution in [0.2, 0.25) is 5.02 Å². The molecule has 0 amide bonds. The maximum Gasteiger partial charge on any atom is 0.363 e. The summed E-state index contributed by atoms with van der Waals surface area (Å²) in [5.74, 6) is -0.783. The van der Waals surface area contributed by atoms with Crippen LogP contribution < -0.4 is 4.74 Å². The van der Waals surface area contributed by atoms with Crippen LogP contribution in [-0.4, -0.2) is 22.8 Å². The fourth-order valence-electron chi connectivity index (χ4n) is 2.60. The van der Waals surface area contributed by atoms with Crippen LogP contribution in [-0.2, 0) is 14.3 Å². The van der Waals surface area contributed by atoms with Gasteiger partial charge in [0.2, 0.25) is 5.90 Å². The number of esters is 2. The molecule has 1 aliphatic heterocycles. The lowest BCUT2D eigenvalue weighted by Gasteiger charge is -2.09. The molecule has 0 spiro atoms. The van der Waals surface area contributed by atoms with E-state index in [1.165, 1.54) is 18.2 Å². The van der Waals surface area contributed by atoms with Gasteiger partial charge in [-0.1, -0.05) is 18.5 Å². The van der Waals surface area contributed by atoms with Crippen LogP contribution in [0, 0.1) is 10.1 Å².